The first-order valence-corrected chi connectivity index (χ1v) is 9.71. The van der Waals surface area contributed by atoms with Gasteiger partial charge in [0.25, 0.3) is 0 Å². The third kappa shape index (κ3) is 4.03. The Hall–Kier alpha value is -3.48. The standard InChI is InChI=1S/C22H24N4O3/c1-29-17-8-6-16(7-9-17)25-12-3-13-26(15-14-25)22(28)21(27)24-20-5-2-4-19-18(20)10-11-23-19/h2,4-11,23H,3,12-15H2,1H3,(H,24,27). The number of carbonyl (C=O) groups excluding carboxylic acids is 2. The maximum atomic E-state index is 12.7. The van der Waals surface area contributed by atoms with E-state index in [4.69, 9.17) is 4.74 Å². The number of nitrogens with one attached hydrogen (secondary N) is 2. The normalized spacial score (nSPS) is 14.5. The van der Waals surface area contributed by atoms with Crippen LogP contribution in [-0.4, -0.2) is 55.0 Å². The molecule has 1 aromatic heterocycles. The third-order valence-corrected chi connectivity index (χ3v) is 5.26. The predicted molar refractivity (Wildman–Crippen MR) is 113 cm³/mol. The zero-order valence-corrected chi connectivity index (χ0v) is 16.4. The lowest BCUT2D eigenvalue weighted by molar-refractivity contribution is -0.142. The quantitative estimate of drug-likeness (QED) is 0.672. The predicted octanol–water partition coefficient (Wildman–Crippen LogP) is 2.85. The Bertz CT molecular complexity index is 1010. The Kier molecular flexibility index (Phi) is 5.37. The van der Waals surface area contributed by atoms with E-state index in [1.54, 1.807) is 18.1 Å². The summed E-state index contributed by atoms with van der Waals surface area (Å²) in [7, 11) is 1.64. The number of hydrogen-bond acceptors (Lipinski definition) is 4. The average Bonchev–Trinajstić information content (AvgIpc) is 3.11. The molecular weight excluding hydrogens is 368 g/mol. The fourth-order valence-electron chi connectivity index (χ4n) is 3.69. The Morgan fingerprint density at radius 1 is 1.00 bits per heavy atom. The van der Waals surface area contributed by atoms with Crippen molar-refractivity contribution >= 4 is 34.1 Å². The smallest absolute Gasteiger partial charge is 0.313 e. The second-order valence-electron chi connectivity index (χ2n) is 7.03. The molecule has 2 amide bonds. The lowest BCUT2D eigenvalue weighted by Crippen LogP contribution is -2.41. The van der Waals surface area contributed by atoms with Crippen LogP contribution >= 0.6 is 0 Å². The molecule has 29 heavy (non-hydrogen) atoms. The lowest BCUT2D eigenvalue weighted by Gasteiger charge is -2.23. The van der Waals surface area contributed by atoms with Crippen molar-refractivity contribution in [1.82, 2.24) is 9.88 Å². The SMILES string of the molecule is COc1ccc(N2CCCN(C(=O)C(=O)Nc3cccc4[nH]ccc34)CC2)cc1. The van der Waals surface area contributed by atoms with Crippen molar-refractivity contribution in [3.8, 4) is 5.75 Å². The van der Waals surface area contributed by atoms with Gasteiger partial charge in [0.2, 0.25) is 0 Å². The Labute approximate surface area is 169 Å². The first-order valence-electron chi connectivity index (χ1n) is 9.71. The average molecular weight is 392 g/mol. The minimum Gasteiger partial charge on any atom is -0.497 e. The molecule has 1 fully saturated rings. The largest absolute Gasteiger partial charge is 0.497 e. The van der Waals surface area contributed by atoms with Gasteiger partial charge in [-0.1, -0.05) is 6.07 Å². The molecule has 0 atom stereocenters. The molecule has 3 aromatic rings. The maximum Gasteiger partial charge on any atom is 0.313 e. The zero-order chi connectivity index (χ0) is 20.2. The number of anilines is 2. The van der Waals surface area contributed by atoms with Gasteiger partial charge in [-0.15, -0.1) is 0 Å². The maximum absolute atomic E-state index is 12.7. The van der Waals surface area contributed by atoms with Crippen molar-refractivity contribution in [2.45, 2.75) is 6.42 Å². The van der Waals surface area contributed by atoms with Crippen LogP contribution in [0.3, 0.4) is 0 Å². The highest BCUT2D eigenvalue weighted by atomic mass is 16.5. The van der Waals surface area contributed by atoms with Gasteiger partial charge < -0.3 is 24.8 Å². The van der Waals surface area contributed by atoms with E-state index in [0.29, 0.717) is 25.3 Å². The van der Waals surface area contributed by atoms with Gasteiger partial charge >= 0.3 is 11.8 Å². The van der Waals surface area contributed by atoms with Crippen LogP contribution in [0.1, 0.15) is 6.42 Å². The van der Waals surface area contributed by atoms with E-state index >= 15 is 0 Å². The summed E-state index contributed by atoms with van der Waals surface area (Å²) in [4.78, 5) is 32.3. The molecule has 2 aromatic carbocycles. The van der Waals surface area contributed by atoms with Crippen molar-refractivity contribution in [1.29, 1.82) is 0 Å². The molecule has 2 heterocycles. The summed E-state index contributed by atoms with van der Waals surface area (Å²) < 4.78 is 5.21. The number of carbonyl (C=O) groups is 2. The summed E-state index contributed by atoms with van der Waals surface area (Å²) in [6.45, 7) is 2.58. The van der Waals surface area contributed by atoms with Crippen LogP contribution in [0.4, 0.5) is 11.4 Å². The number of ether oxygens (including phenoxy) is 1. The van der Waals surface area contributed by atoms with Crippen LogP contribution in [0.25, 0.3) is 10.9 Å². The van der Waals surface area contributed by atoms with Crippen molar-refractivity contribution < 1.29 is 14.3 Å². The molecule has 7 heteroatoms. The number of aromatic amines is 1. The third-order valence-electron chi connectivity index (χ3n) is 5.26. The highest BCUT2D eigenvalue weighted by Crippen LogP contribution is 2.23. The molecule has 0 saturated carbocycles. The van der Waals surface area contributed by atoms with Gasteiger partial charge in [-0.2, -0.15) is 0 Å². The molecule has 1 aliphatic rings. The van der Waals surface area contributed by atoms with E-state index < -0.39 is 11.8 Å². The summed E-state index contributed by atoms with van der Waals surface area (Å²) in [5.74, 6) is -0.278. The topological polar surface area (TPSA) is 77.7 Å². The molecule has 150 valence electrons. The number of rotatable bonds is 3. The van der Waals surface area contributed by atoms with E-state index in [9.17, 15) is 9.59 Å². The van der Waals surface area contributed by atoms with E-state index in [2.05, 4.69) is 15.2 Å². The van der Waals surface area contributed by atoms with Gasteiger partial charge in [-0.05, 0) is 48.9 Å². The minimum atomic E-state index is -0.600. The summed E-state index contributed by atoms with van der Waals surface area (Å²) in [6.07, 6.45) is 2.61. The molecule has 4 rings (SSSR count). The molecule has 0 aliphatic carbocycles. The summed E-state index contributed by atoms with van der Waals surface area (Å²) in [5.41, 5.74) is 2.64. The van der Waals surface area contributed by atoms with E-state index in [0.717, 1.165) is 35.3 Å². The number of nitrogens with zero attached hydrogens (tertiary/aromatic N) is 2. The summed E-state index contributed by atoms with van der Waals surface area (Å²) >= 11 is 0. The van der Waals surface area contributed by atoms with Gasteiger partial charge in [0.1, 0.15) is 5.75 Å². The number of methoxy groups -OCH3 is 1. The first kappa shape index (κ1) is 18.9. The lowest BCUT2D eigenvalue weighted by atomic mass is 10.2. The number of benzene rings is 2. The van der Waals surface area contributed by atoms with Gasteiger partial charge in [0.05, 0.1) is 12.8 Å². The number of H-pyrrole nitrogens is 1. The molecule has 0 radical (unpaired) electrons. The fraction of sp³-hybridized carbons (Fsp3) is 0.273. The van der Waals surface area contributed by atoms with Gasteiger partial charge in [-0.25, -0.2) is 0 Å². The molecule has 2 N–H and O–H groups in total. The highest BCUT2D eigenvalue weighted by molar-refractivity contribution is 6.40. The Balaban J connectivity index is 1.40. The van der Waals surface area contributed by atoms with Crippen LogP contribution in [0.15, 0.2) is 54.7 Å². The molecule has 7 nitrogen and oxygen atoms in total. The number of hydrogen-bond donors (Lipinski definition) is 2. The van der Waals surface area contributed by atoms with E-state index in [-0.39, 0.29) is 0 Å². The van der Waals surface area contributed by atoms with Crippen molar-refractivity contribution in [3.05, 3.63) is 54.7 Å². The van der Waals surface area contributed by atoms with Crippen LogP contribution in [-0.2, 0) is 9.59 Å². The highest BCUT2D eigenvalue weighted by Gasteiger charge is 2.25. The van der Waals surface area contributed by atoms with Crippen LogP contribution < -0.4 is 15.0 Å². The Morgan fingerprint density at radius 3 is 2.62 bits per heavy atom. The van der Waals surface area contributed by atoms with Crippen molar-refractivity contribution in [3.63, 3.8) is 0 Å². The van der Waals surface area contributed by atoms with E-state index in [1.165, 1.54) is 0 Å². The number of amides is 2. The molecule has 0 bridgehead atoms. The van der Waals surface area contributed by atoms with Gasteiger partial charge in [0, 0.05) is 49.0 Å². The molecule has 0 spiro atoms. The van der Waals surface area contributed by atoms with Gasteiger partial charge in [-0.3, -0.25) is 9.59 Å². The van der Waals surface area contributed by atoms with E-state index in [1.807, 2.05) is 48.7 Å². The first-order chi connectivity index (χ1) is 14.2. The molecule has 1 aliphatic heterocycles. The van der Waals surface area contributed by atoms with Gasteiger partial charge in [0.15, 0.2) is 0 Å². The fourth-order valence-corrected chi connectivity index (χ4v) is 3.69. The second-order valence-corrected chi connectivity index (χ2v) is 7.03. The monoisotopic (exact) mass is 392 g/mol. The van der Waals surface area contributed by atoms with Crippen LogP contribution in [0.2, 0.25) is 0 Å². The van der Waals surface area contributed by atoms with Crippen LogP contribution in [0, 0.1) is 0 Å². The Morgan fingerprint density at radius 2 is 1.83 bits per heavy atom. The molecule has 0 unspecified atom stereocenters. The second kappa shape index (κ2) is 8.26. The molecular formula is C22H24N4O3. The summed E-state index contributed by atoms with van der Waals surface area (Å²) in [6, 6.07) is 15.3. The van der Waals surface area contributed by atoms with Crippen molar-refractivity contribution in [2.75, 3.05) is 43.5 Å². The zero-order valence-electron chi connectivity index (χ0n) is 16.4. The summed E-state index contributed by atoms with van der Waals surface area (Å²) in [5, 5.41) is 3.65. The van der Waals surface area contributed by atoms with Crippen molar-refractivity contribution in [2.24, 2.45) is 0 Å². The van der Waals surface area contributed by atoms with Crippen LogP contribution in [0.5, 0.6) is 5.75 Å². The minimum absolute atomic E-state index is 0.492. The molecule has 1 saturated heterocycles. The number of aromatic nitrogens is 1. The number of fused-ring (bicyclic) bond motifs is 1.